The van der Waals surface area contributed by atoms with Crippen LogP contribution in [-0.4, -0.2) is 40.3 Å². The van der Waals surface area contributed by atoms with Crippen molar-refractivity contribution in [2.45, 2.75) is 52.7 Å². The summed E-state index contributed by atoms with van der Waals surface area (Å²) in [4.78, 5) is 15.1. The lowest BCUT2D eigenvalue weighted by molar-refractivity contribution is -0.122. The first-order valence-electron chi connectivity index (χ1n) is 11.9. The number of nitrogens with zero attached hydrogens (tertiary/aromatic N) is 3. The van der Waals surface area contributed by atoms with Crippen LogP contribution >= 0.6 is 0 Å². The van der Waals surface area contributed by atoms with Crippen LogP contribution in [0.5, 0.6) is 5.75 Å². The van der Waals surface area contributed by atoms with Crippen LogP contribution in [-0.2, 0) is 17.9 Å². The van der Waals surface area contributed by atoms with E-state index in [0.717, 1.165) is 48.6 Å². The van der Waals surface area contributed by atoms with E-state index in [1.165, 1.54) is 11.1 Å². The number of aryl methyl sites for hydroxylation is 1. The van der Waals surface area contributed by atoms with E-state index in [1.807, 2.05) is 48.9 Å². The molecule has 1 amide bonds. The molecule has 2 aromatic carbocycles. The molecule has 4 rings (SSSR count). The van der Waals surface area contributed by atoms with E-state index in [4.69, 9.17) is 9.84 Å². The van der Waals surface area contributed by atoms with Gasteiger partial charge in [0.2, 0.25) is 5.91 Å². The van der Waals surface area contributed by atoms with Gasteiger partial charge in [0, 0.05) is 23.8 Å². The molecule has 1 aliphatic rings. The molecular formula is C27H34N4O2. The third-order valence-corrected chi connectivity index (χ3v) is 6.46. The van der Waals surface area contributed by atoms with Gasteiger partial charge in [0.05, 0.1) is 25.4 Å². The predicted octanol–water partition coefficient (Wildman–Crippen LogP) is 4.40. The number of hydrogen-bond acceptors (Lipinski definition) is 4. The van der Waals surface area contributed by atoms with Crippen molar-refractivity contribution in [1.82, 2.24) is 20.0 Å². The average Bonchev–Trinajstić information content (AvgIpc) is 3.38. The summed E-state index contributed by atoms with van der Waals surface area (Å²) < 4.78 is 7.58. The van der Waals surface area contributed by atoms with Gasteiger partial charge in [0.15, 0.2) is 0 Å². The van der Waals surface area contributed by atoms with Crippen LogP contribution in [0.4, 0.5) is 0 Å². The number of likely N-dealkylation sites (tertiary alicyclic amines) is 1. The Labute approximate surface area is 196 Å². The summed E-state index contributed by atoms with van der Waals surface area (Å²) in [5, 5.41) is 7.83. The maximum Gasteiger partial charge on any atom is 0.234 e. The molecular weight excluding hydrogens is 412 g/mol. The molecule has 0 bridgehead atoms. The van der Waals surface area contributed by atoms with Crippen LogP contribution in [0.15, 0.2) is 54.6 Å². The molecule has 0 aliphatic carbocycles. The van der Waals surface area contributed by atoms with Crippen LogP contribution in [0, 0.1) is 13.8 Å². The molecule has 6 nitrogen and oxygen atoms in total. The van der Waals surface area contributed by atoms with Crippen molar-refractivity contribution in [3.63, 3.8) is 0 Å². The van der Waals surface area contributed by atoms with Gasteiger partial charge in [0.25, 0.3) is 0 Å². The molecule has 1 fully saturated rings. The fourth-order valence-corrected chi connectivity index (χ4v) is 4.67. The second-order valence-electron chi connectivity index (χ2n) is 8.70. The minimum Gasteiger partial charge on any atom is -0.494 e. The van der Waals surface area contributed by atoms with E-state index in [0.29, 0.717) is 19.7 Å². The number of aromatic nitrogens is 2. The molecule has 6 heteroatoms. The van der Waals surface area contributed by atoms with Crippen molar-refractivity contribution in [1.29, 1.82) is 0 Å². The smallest absolute Gasteiger partial charge is 0.234 e. The summed E-state index contributed by atoms with van der Waals surface area (Å²) in [7, 11) is 0. The average molecular weight is 447 g/mol. The Morgan fingerprint density at radius 1 is 1.12 bits per heavy atom. The number of nitrogens with one attached hydrogen (secondary N) is 1. The second kappa shape index (κ2) is 10.7. The van der Waals surface area contributed by atoms with Gasteiger partial charge in [-0.1, -0.05) is 42.5 Å². The molecule has 1 N–H and O–H groups in total. The highest BCUT2D eigenvalue weighted by molar-refractivity contribution is 5.78. The zero-order valence-electron chi connectivity index (χ0n) is 19.9. The van der Waals surface area contributed by atoms with Gasteiger partial charge in [-0.25, -0.2) is 0 Å². The minimum atomic E-state index is 0.0578. The van der Waals surface area contributed by atoms with Crippen molar-refractivity contribution in [2.75, 3.05) is 19.7 Å². The molecule has 1 aliphatic heterocycles. The monoisotopic (exact) mass is 446 g/mol. The normalized spacial score (nSPS) is 16.2. The summed E-state index contributed by atoms with van der Waals surface area (Å²) in [6, 6.07) is 18.9. The largest absolute Gasteiger partial charge is 0.494 e. The van der Waals surface area contributed by atoms with Gasteiger partial charge in [0.1, 0.15) is 5.75 Å². The Balaban J connectivity index is 1.34. The van der Waals surface area contributed by atoms with E-state index in [2.05, 4.69) is 41.4 Å². The Kier molecular flexibility index (Phi) is 7.45. The Morgan fingerprint density at radius 2 is 1.88 bits per heavy atom. The van der Waals surface area contributed by atoms with E-state index in [1.54, 1.807) is 0 Å². The molecule has 1 unspecified atom stereocenters. The standard InChI is InChI=1S/C27H34N4O2/c1-4-33-24-14-12-23(13-15-24)26-11-8-16-30(26)19-27(32)28-17-25-20(2)29-31(21(25)3)18-22-9-6-5-7-10-22/h5-7,9-10,12-15,26H,4,8,11,16-19H2,1-3H3,(H,28,32). The van der Waals surface area contributed by atoms with Crippen LogP contribution in [0.2, 0.25) is 0 Å². The molecule has 1 saturated heterocycles. The molecule has 33 heavy (non-hydrogen) atoms. The third kappa shape index (κ3) is 5.63. The summed E-state index contributed by atoms with van der Waals surface area (Å²) in [6.07, 6.45) is 2.18. The van der Waals surface area contributed by atoms with E-state index in [9.17, 15) is 4.79 Å². The van der Waals surface area contributed by atoms with Gasteiger partial charge >= 0.3 is 0 Å². The Bertz CT molecular complexity index is 1060. The van der Waals surface area contributed by atoms with Crippen LogP contribution in [0.1, 0.15) is 53.9 Å². The fraction of sp³-hybridized carbons (Fsp3) is 0.407. The molecule has 2 heterocycles. The zero-order valence-corrected chi connectivity index (χ0v) is 19.9. The molecule has 1 aromatic heterocycles. The molecule has 3 aromatic rings. The number of carbonyl (C=O) groups is 1. The highest BCUT2D eigenvalue weighted by Gasteiger charge is 2.27. The van der Waals surface area contributed by atoms with Crippen LogP contribution < -0.4 is 10.1 Å². The quantitative estimate of drug-likeness (QED) is 0.529. The van der Waals surface area contributed by atoms with Crippen LogP contribution in [0.25, 0.3) is 0 Å². The van der Waals surface area contributed by atoms with Crippen LogP contribution in [0.3, 0.4) is 0 Å². The van der Waals surface area contributed by atoms with Gasteiger partial charge < -0.3 is 10.1 Å². The fourth-order valence-electron chi connectivity index (χ4n) is 4.67. The number of hydrogen-bond donors (Lipinski definition) is 1. The Morgan fingerprint density at radius 3 is 2.61 bits per heavy atom. The molecule has 0 spiro atoms. The first kappa shape index (κ1) is 23.1. The number of ether oxygens (including phenoxy) is 1. The maximum atomic E-state index is 12.8. The number of amides is 1. The molecule has 0 saturated carbocycles. The molecule has 1 atom stereocenters. The SMILES string of the molecule is CCOc1ccc(C2CCCN2CC(=O)NCc2c(C)nn(Cc3ccccc3)c2C)cc1. The van der Waals surface area contributed by atoms with Crippen molar-refractivity contribution < 1.29 is 9.53 Å². The van der Waals surface area contributed by atoms with Crippen molar-refractivity contribution in [3.05, 3.63) is 82.7 Å². The molecule has 0 radical (unpaired) electrons. The second-order valence-corrected chi connectivity index (χ2v) is 8.70. The minimum absolute atomic E-state index is 0.0578. The highest BCUT2D eigenvalue weighted by atomic mass is 16.5. The number of benzene rings is 2. The predicted molar refractivity (Wildman–Crippen MR) is 130 cm³/mol. The topological polar surface area (TPSA) is 59.4 Å². The zero-order chi connectivity index (χ0) is 23.2. The lowest BCUT2D eigenvalue weighted by atomic mass is 10.0. The van der Waals surface area contributed by atoms with Crippen molar-refractivity contribution >= 4 is 5.91 Å². The van der Waals surface area contributed by atoms with E-state index < -0.39 is 0 Å². The van der Waals surface area contributed by atoms with E-state index in [-0.39, 0.29) is 11.9 Å². The highest BCUT2D eigenvalue weighted by Crippen LogP contribution is 2.32. The van der Waals surface area contributed by atoms with E-state index >= 15 is 0 Å². The summed E-state index contributed by atoms with van der Waals surface area (Å²) >= 11 is 0. The van der Waals surface area contributed by atoms with Gasteiger partial charge in [-0.3, -0.25) is 14.4 Å². The third-order valence-electron chi connectivity index (χ3n) is 6.46. The molecule has 174 valence electrons. The first-order chi connectivity index (χ1) is 16.0. The summed E-state index contributed by atoms with van der Waals surface area (Å²) in [5.74, 6) is 0.949. The number of carbonyl (C=O) groups excluding carboxylic acids is 1. The van der Waals surface area contributed by atoms with Gasteiger partial charge in [-0.05, 0) is 63.4 Å². The number of rotatable bonds is 9. The summed E-state index contributed by atoms with van der Waals surface area (Å²) in [6.45, 7) is 9.34. The summed E-state index contributed by atoms with van der Waals surface area (Å²) in [5.41, 5.74) is 5.64. The Hall–Kier alpha value is -3.12. The lowest BCUT2D eigenvalue weighted by Crippen LogP contribution is -2.36. The van der Waals surface area contributed by atoms with Gasteiger partial charge in [-0.2, -0.15) is 5.10 Å². The van der Waals surface area contributed by atoms with Crippen molar-refractivity contribution in [2.24, 2.45) is 0 Å². The first-order valence-corrected chi connectivity index (χ1v) is 11.9. The lowest BCUT2D eigenvalue weighted by Gasteiger charge is -2.24. The maximum absolute atomic E-state index is 12.8. The van der Waals surface area contributed by atoms with Gasteiger partial charge in [-0.15, -0.1) is 0 Å². The van der Waals surface area contributed by atoms with Crippen molar-refractivity contribution in [3.8, 4) is 5.75 Å².